The van der Waals surface area contributed by atoms with E-state index in [2.05, 4.69) is 45.3 Å². The van der Waals surface area contributed by atoms with Crippen LogP contribution >= 0.6 is 11.8 Å². The first kappa shape index (κ1) is 26.3. The highest BCUT2D eigenvalue weighted by atomic mass is 32.2. The maximum absolute atomic E-state index is 12.1. The Kier molecular flexibility index (Phi) is 12.3. The van der Waals surface area contributed by atoms with Gasteiger partial charge < -0.3 is 15.4 Å². The van der Waals surface area contributed by atoms with E-state index in [1.807, 2.05) is 11.8 Å². The Labute approximate surface area is 182 Å². The second-order valence-corrected chi connectivity index (χ2v) is 10.7. The molecule has 0 aromatic heterocycles. The molecule has 170 valence electrons. The van der Waals surface area contributed by atoms with Crippen LogP contribution in [0.2, 0.25) is 0 Å². The van der Waals surface area contributed by atoms with Crippen molar-refractivity contribution in [3.8, 4) is 0 Å². The van der Waals surface area contributed by atoms with E-state index in [9.17, 15) is 9.59 Å². The summed E-state index contributed by atoms with van der Waals surface area (Å²) < 4.78 is 5.95. The van der Waals surface area contributed by atoms with Crippen molar-refractivity contribution in [2.24, 2.45) is 11.8 Å². The van der Waals surface area contributed by atoms with Crippen LogP contribution in [-0.4, -0.2) is 47.6 Å². The quantitative estimate of drug-likeness (QED) is 0.399. The van der Waals surface area contributed by atoms with Crippen molar-refractivity contribution in [2.45, 2.75) is 103 Å². The van der Waals surface area contributed by atoms with Crippen molar-refractivity contribution in [3.05, 3.63) is 0 Å². The monoisotopic (exact) mass is 428 g/mol. The van der Waals surface area contributed by atoms with Crippen LogP contribution in [0.25, 0.3) is 0 Å². The Morgan fingerprint density at radius 1 is 1.24 bits per heavy atom. The lowest BCUT2D eigenvalue weighted by atomic mass is 9.91. The molecular formula is C23H44N2O3S. The number of hydrogen-bond donors (Lipinski definition) is 2. The van der Waals surface area contributed by atoms with Gasteiger partial charge in [0, 0.05) is 43.5 Å². The molecule has 2 N–H and O–H groups in total. The molecule has 1 rings (SSSR count). The van der Waals surface area contributed by atoms with Crippen LogP contribution in [-0.2, 0) is 14.3 Å². The summed E-state index contributed by atoms with van der Waals surface area (Å²) in [6, 6.07) is 0.307. The smallest absolute Gasteiger partial charge is 0.219 e. The molecule has 0 aromatic rings. The summed E-state index contributed by atoms with van der Waals surface area (Å²) in [7, 11) is 0. The van der Waals surface area contributed by atoms with Crippen LogP contribution in [0.1, 0.15) is 86.5 Å². The number of rotatable bonds is 14. The molecule has 3 unspecified atom stereocenters. The molecule has 6 heteroatoms. The minimum absolute atomic E-state index is 0.0693. The average Bonchev–Trinajstić information content (AvgIpc) is 2.98. The maximum Gasteiger partial charge on any atom is 0.219 e. The van der Waals surface area contributed by atoms with Crippen LogP contribution in [0.5, 0.6) is 0 Å². The highest BCUT2D eigenvalue weighted by Gasteiger charge is 2.35. The van der Waals surface area contributed by atoms with Crippen molar-refractivity contribution in [3.63, 3.8) is 0 Å². The van der Waals surface area contributed by atoms with E-state index in [1.54, 1.807) is 6.92 Å². The molecule has 29 heavy (non-hydrogen) atoms. The van der Waals surface area contributed by atoms with Gasteiger partial charge >= 0.3 is 0 Å². The van der Waals surface area contributed by atoms with Crippen LogP contribution in [0.4, 0.5) is 0 Å². The van der Waals surface area contributed by atoms with E-state index in [1.165, 1.54) is 0 Å². The van der Waals surface area contributed by atoms with Gasteiger partial charge in [-0.15, -0.1) is 0 Å². The summed E-state index contributed by atoms with van der Waals surface area (Å²) in [4.78, 5) is 23.5. The van der Waals surface area contributed by atoms with Crippen molar-refractivity contribution >= 4 is 23.6 Å². The third-order valence-corrected chi connectivity index (χ3v) is 7.29. The van der Waals surface area contributed by atoms with E-state index < -0.39 is 0 Å². The van der Waals surface area contributed by atoms with Gasteiger partial charge in [-0.3, -0.25) is 9.59 Å². The molecule has 1 heterocycles. The van der Waals surface area contributed by atoms with E-state index in [4.69, 9.17) is 4.74 Å². The zero-order chi connectivity index (χ0) is 21.9. The van der Waals surface area contributed by atoms with Gasteiger partial charge in [-0.05, 0) is 51.4 Å². The van der Waals surface area contributed by atoms with Gasteiger partial charge in [-0.2, -0.15) is 11.8 Å². The molecule has 0 bridgehead atoms. The highest BCUT2D eigenvalue weighted by molar-refractivity contribution is 8.00. The fourth-order valence-corrected chi connectivity index (χ4v) is 5.60. The lowest BCUT2D eigenvalue weighted by Gasteiger charge is -2.26. The van der Waals surface area contributed by atoms with Crippen molar-refractivity contribution in [1.29, 1.82) is 0 Å². The molecule has 5 nitrogen and oxygen atoms in total. The van der Waals surface area contributed by atoms with Crippen molar-refractivity contribution in [1.82, 2.24) is 10.6 Å². The lowest BCUT2D eigenvalue weighted by Crippen LogP contribution is -2.39. The minimum atomic E-state index is -0.193. The molecule has 0 spiro atoms. The van der Waals surface area contributed by atoms with E-state index in [-0.39, 0.29) is 17.4 Å². The normalized spacial score (nSPS) is 22.1. The standard InChI is InChI=1S/C23H44N2O3S/c1-7-19-20(25-18(4)26)16-29-21(19)10-8-9-11-22(27)24-14-13-23(5,6)28-15-12-17(2)3/h17,19-21H,7-16H2,1-6H3,(H,24,27)(H,25,26). The van der Waals surface area contributed by atoms with E-state index >= 15 is 0 Å². The minimum Gasteiger partial charge on any atom is -0.375 e. The van der Waals surface area contributed by atoms with Crippen LogP contribution in [0.3, 0.4) is 0 Å². The molecule has 2 amide bonds. The molecule has 3 atom stereocenters. The predicted octanol–water partition coefficient (Wildman–Crippen LogP) is 4.54. The Bertz CT molecular complexity index is 497. The average molecular weight is 429 g/mol. The van der Waals surface area contributed by atoms with Gasteiger partial charge in [0.25, 0.3) is 0 Å². The molecule has 1 aliphatic rings. The summed E-state index contributed by atoms with van der Waals surface area (Å²) >= 11 is 1.98. The molecule has 1 aliphatic heterocycles. The van der Waals surface area contributed by atoms with Crippen molar-refractivity contribution < 1.29 is 14.3 Å². The first-order valence-corrected chi connectivity index (χ1v) is 12.5. The summed E-state index contributed by atoms with van der Waals surface area (Å²) in [6.07, 6.45) is 6.72. The van der Waals surface area contributed by atoms with E-state index in [0.717, 1.165) is 50.9 Å². The Hall–Kier alpha value is -0.750. The summed E-state index contributed by atoms with van der Waals surface area (Å²) in [6.45, 7) is 13.8. The lowest BCUT2D eigenvalue weighted by molar-refractivity contribution is -0.121. The molecule has 0 aromatic carbocycles. The van der Waals surface area contributed by atoms with Crippen LogP contribution in [0, 0.1) is 11.8 Å². The highest BCUT2D eigenvalue weighted by Crippen LogP contribution is 2.37. The van der Waals surface area contributed by atoms with Gasteiger partial charge in [-0.1, -0.05) is 33.6 Å². The first-order valence-electron chi connectivity index (χ1n) is 11.4. The molecule has 0 radical (unpaired) electrons. The topological polar surface area (TPSA) is 67.4 Å². The molecule has 0 saturated carbocycles. The van der Waals surface area contributed by atoms with Gasteiger partial charge in [0.15, 0.2) is 0 Å². The Balaban J connectivity index is 2.15. The van der Waals surface area contributed by atoms with Gasteiger partial charge in [0.1, 0.15) is 0 Å². The number of ether oxygens (including phenoxy) is 1. The third-order valence-electron chi connectivity index (χ3n) is 5.72. The number of carbonyl (C=O) groups is 2. The number of thioether (sulfide) groups is 1. The fourth-order valence-electron chi connectivity index (χ4n) is 3.85. The zero-order valence-electron chi connectivity index (χ0n) is 19.5. The Morgan fingerprint density at radius 2 is 1.97 bits per heavy atom. The van der Waals surface area contributed by atoms with Gasteiger partial charge in [0.2, 0.25) is 11.8 Å². The number of unbranched alkanes of at least 4 members (excludes halogenated alkanes) is 1. The third kappa shape index (κ3) is 11.3. The number of nitrogens with one attached hydrogen (secondary N) is 2. The second-order valence-electron chi connectivity index (χ2n) is 9.39. The van der Waals surface area contributed by atoms with Gasteiger partial charge in [-0.25, -0.2) is 0 Å². The number of amides is 2. The van der Waals surface area contributed by atoms with E-state index in [0.29, 0.717) is 36.1 Å². The fraction of sp³-hybridized carbons (Fsp3) is 0.913. The second kappa shape index (κ2) is 13.5. The SMILES string of the molecule is CCC1C(NC(C)=O)CSC1CCCCC(=O)NCCC(C)(C)OCCC(C)C. The maximum atomic E-state index is 12.1. The summed E-state index contributed by atoms with van der Waals surface area (Å²) in [5, 5.41) is 6.74. The van der Waals surface area contributed by atoms with Crippen LogP contribution in [0.15, 0.2) is 0 Å². The summed E-state index contributed by atoms with van der Waals surface area (Å²) in [5.41, 5.74) is -0.193. The predicted molar refractivity (Wildman–Crippen MR) is 123 cm³/mol. The molecule has 0 aliphatic carbocycles. The molecule has 1 saturated heterocycles. The van der Waals surface area contributed by atoms with Gasteiger partial charge in [0.05, 0.1) is 5.60 Å². The van der Waals surface area contributed by atoms with Crippen LogP contribution < -0.4 is 10.6 Å². The zero-order valence-corrected chi connectivity index (χ0v) is 20.3. The molecular weight excluding hydrogens is 384 g/mol. The van der Waals surface area contributed by atoms with Crippen molar-refractivity contribution in [2.75, 3.05) is 18.9 Å². The Morgan fingerprint density at radius 3 is 2.59 bits per heavy atom. The number of hydrogen-bond acceptors (Lipinski definition) is 4. The first-order chi connectivity index (χ1) is 13.6. The molecule has 1 fully saturated rings. The summed E-state index contributed by atoms with van der Waals surface area (Å²) in [5.74, 6) is 2.43. The largest absolute Gasteiger partial charge is 0.375 e. The number of carbonyl (C=O) groups excluding carboxylic acids is 2.